The molecule has 4 heterocycles. The third-order valence-corrected chi connectivity index (χ3v) is 6.74. The number of pyridine rings is 1. The number of likely N-dealkylation sites (tertiary alicyclic amines) is 1. The summed E-state index contributed by atoms with van der Waals surface area (Å²) in [6.45, 7) is 1.99. The SMILES string of the molecule is COc1cncc(-c2cc3c(c(Nc4ccc(C5CCN(C(=O)CN(C)C)CC5)cc4)n2)C(=O)[N]C=C3)n1. The molecule has 10 nitrogen and oxygen atoms in total. The maximum atomic E-state index is 12.7. The summed E-state index contributed by atoms with van der Waals surface area (Å²) in [5.74, 6) is 1.01. The first-order valence-corrected chi connectivity index (χ1v) is 12.5. The highest BCUT2D eigenvalue weighted by atomic mass is 16.5. The topological polar surface area (TPSA) is 115 Å². The summed E-state index contributed by atoms with van der Waals surface area (Å²) < 4.78 is 5.20. The van der Waals surface area contributed by atoms with Gasteiger partial charge in [0, 0.05) is 25.0 Å². The molecule has 195 valence electrons. The number of nitrogens with zero attached hydrogens (tertiary/aromatic N) is 6. The summed E-state index contributed by atoms with van der Waals surface area (Å²) in [6, 6.07) is 9.98. The minimum absolute atomic E-state index is 0.183. The molecule has 0 spiro atoms. The van der Waals surface area contributed by atoms with Crippen molar-refractivity contribution in [3.63, 3.8) is 0 Å². The number of fused-ring (bicyclic) bond motifs is 1. The average Bonchev–Trinajstić information content (AvgIpc) is 2.93. The summed E-state index contributed by atoms with van der Waals surface area (Å²) in [7, 11) is 5.36. The van der Waals surface area contributed by atoms with Crippen molar-refractivity contribution < 1.29 is 14.3 Å². The van der Waals surface area contributed by atoms with Gasteiger partial charge in [-0.05, 0) is 68.3 Å². The third kappa shape index (κ3) is 5.50. The van der Waals surface area contributed by atoms with E-state index in [-0.39, 0.29) is 11.8 Å². The zero-order valence-electron chi connectivity index (χ0n) is 21.7. The molecule has 2 aliphatic rings. The van der Waals surface area contributed by atoms with Crippen LogP contribution in [0.4, 0.5) is 11.5 Å². The van der Waals surface area contributed by atoms with Gasteiger partial charge in [0.05, 0.1) is 37.3 Å². The Hall–Kier alpha value is -4.31. The lowest BCUT2D eigenvalue weighted by molar-refractivity contribution is -0.132. The molecule has 10 heteroatoms. The highest BCUT2D eigenvalue weighted by Crippen LogP contribution is 2.32. The number of likely N-dealkylation sites (N-methyl/N-ethyl adjacent to an activating group) is 1. The van der Waals surface area contributed by atoms with E-state index in [0.717, 1.165) is 31.6 Å². The number of hydrogen-bond acceptors (Lipinski definition) is 8. The first-order chi connectivity index (χ1) is 18.4. The monoisotopic (exact) mass is 512 g/mol. The highest BCUT2D eigenvalue weighted by molar-refractivity contribution is 6.05. The van der Waals surface area contributed by atoms with Crippen molar-refractivity contribution in [2.24, 2.45) is 0 Å². The van der Waals surface area contributed by atoms with Crippen LogP contribution in [0.2, 0.25) is 0 Å². The van der Waals surface area contributed by atoms with Crippen LogP contribution in [-0.2, 0) is 4.79 Å². The van der Waals surface area contributed by atoms with E-state index in [1.54, 1.807) is 18.3 Å². The summed E-state index contributed by atoms with van der Waals surface area (Å²) >= 11 is 0. The number of methoxy groups -OCH3 is 1. The second-order valence-electron chi connectivity index (χ2n) is 9.66. The molecule has 1 N–H and O–H groups in total. The van der Waals surface area contributed by atoms with Crippen molar-refractivity contribution in [3.8, 4) is 17.3 Å². The number of anilines is 2. The first-order valence-electron chi connectivity index (χ1n) is 12.5. The van der Waals surface area contributed by atoms with Crippen LogP contribution in [0.3, 0.4) is 0 Å². The zero-order chi connectivity index (χ0) is 26.6. The van der Waals surface area contributed by atoms with Gasteiger partial charge >= 0.3 is 0 Å². The molecule has 0 atom stereocenters. The molecule has 0 aliphatic carbocycles. The molecule has 1 radical (unpaired) electrons. The molecule has 1 fully saturated rings. The van der Waals surface area contributed by atoms with Crippen molar-refractivity contribution in [1.82, 2.24) is 30.1 Å². The van der Waals surface area contributed by atoms with Crippen molar-refractivity contribution in [2.45, 2.75) is 18.8 Å². The summed E-state index contributed by atoms with van der Waals surface area (Å²) in [4.78, 5) is 42.2. The van der Waals surface area contributed by atoms with Crippen LogP contribution >= 0.6 is 0 Å². The van der Waals surface area contributed by atoms with Crippen LogP contribution in [0.5, 0.6) is 5.88 Å². The summed E-state index contributed by atoms with van der Waals surface area (Å²) in [5, 5.41) is 7.24. The Bertz CT molecular complexity index is 1360. The Morgan fingerprint density at radius 3 is 2.58 bits per heavy atom. The maximum Gasteiger partial charge on any atom is 0.281 e. The molecule has 1 aromatic carbocycles. The van der Waals surface area contributed by atoms with Gasteiger partial charge < -0.3 is 19.9 Å². The van der Waals surface area contributed by atoms with E-state index in [4.69, 9.17) is 9.72 Å². The summed E-state index contributed by atoms with van der Waals surface area (Å²) in [6.07, 6.45) is 8.27. The van der Waals surface area contributed by atoms with Crippen molar-refractivity contribution in [1.29, 1.82) is 0 Å². The molecule has 38 heavy (non-hydrogen) atoms. The second kappa shape index (κ2) is 11.0. The fourth-order valence-corrected chi connectivity index (χ4v) is 4.77. The molecule has 2 aliphatic heterocycles. The molecular formula is C28H30N7O3. The molecule has 2 aromatic heterocycles. The number of carbonyl (C=O) groups is 2. The van der Waals surface area contributed by atoms with Crippen LogP contribution in [-0.4, -0.2) is 77.4 Å². The van der Waals surface area contributed by atoms with E-state index in [9.17, 15) is 9.59 Å². The standard InChI is InChI=1S/C28H30N7O3/c1-34(2)17-25(36)35-12-9-19(10-13-35)18-4-6-21(7-5-18)31-27-26-20(8-11-30-28(26)37)14-22(33-27)23-15-29-16-24(32-23)38-3/h4-8,11,14-16,19H,9-10,12-13,17H2,1-3H3,(H,31,33). The number of nitrogens with one attached hydrogen (secondary N) is 1. The predicted molar refractivity (Wildman–Crippen MR) is 144 cm³/mol. The molecule has 1 saturated heterocycles. The lowest BCUT2D eigenvalue weighted by Gasteiger charge is -2.33. The molecule has 0 saturated carbocycles. The van der Waals surface area contributed by atoms with E-state index < -0.39 is 0 Å². The van der Waals surface area contributed by atoms with Crippen LogP contribution in [0.15, 0.2) is 48.9 Å². The lowest BCUT2D eigenvalue weighted by atomic mass is 9.89. The van der Waals surface area contributed by atoms with Crippen molar-refractivity contribution >= 4 is 29.4 Å². The number of carbonyl (C=O) groups excluding carboxylic acids is 2. The number of aromatic nitrogens is 3. The third-order valence-electron chi connectivity index (χ3n) is 6.74. The van der Waals surface area contributed by atoms with Gasteiger partial charge in [0.15, 0.2) is 0 Å². The smallest absolute Gasteiger partial charge is 0.281 e. The van der Waals surface area contributed by atoms with Gasteiger partial charge in [-0.3, -0.25) is 14.6 Å². The van der Waals surface area contributed by atoms with E-state index in [1.807, 2.05) is 36.0 Å². The Morgan fingerprint density at radius 1 is 1.11 bits per heavy atom. The van der Waals surface area contributed by atoms with E-state index >= 15 is 0 Å². The number of benzene rings is 1. The molecule has 0 unspecified atom stereocenters. The molecule has 2 amide bonds. The largest absolute Gasteiger partial charge is 0.480 e. The number of rotatable bonds is 7. The van der Waals surface area contributed by atoms with E-state index in [0.29, 0.717) is 46.7 Å². The lowest BCUT2D eigenvalue weighted by Crippen LogP contribution is -2.42. The fraction of sp³-hybridized carbons (Fsp3) is 0.321. The van der Waals surface area contributed by atoms with Crippen LogP contribution < -0.4 is 15.4 Å². The number of ether oxygens (including phenoxy) is 1. The summed E-state index contributed by atoms with van der Waals surface area (Å²) in [5.41, 5.74) is 4.24. The molecular weight excluding hydrogens is 482 g/mol. The quantitative estimate of drug-likeness (QED) is 0.513. The van der Waals surface area contributed by atoms with Gasteiger partial charge in [0.25, 0.3) is 5.91 Å². The van der Waals surface area contributed by atoms with Gasteiger partial charge in [-0.25, -0.2) is 15.3 Å². The fourth-order valence-electron chi connectivity index (χ4n) is 4.77. The zero-order valence-corrected chi connectivity index (χ0v) is 21.7. The average molecular weight is 513 g/mol. The van der Waals surface area contributed by atoms with Gasteiger partial charge in [0.2, 0.25) is 11.8 Å². The Kier molecular flexibility index (Phi) is 7.32. The van der Waals surface area contributed by atoms with Gasteiger partial charge in [-0.2, -0.15) is 0 Å². The number of amides is 2. The Balaban J connectivity index is 1.34. The van der Waals surface area contributed by atoms with Crippen LogP contribution in [0, 0.1) is 0 Å². The first kappa shape index (κ1) is 25.3. The van der Waals surface area contributed by atoms with Crippen molar-refractivity contribution in [3.05, 3.63) is 65.6 Å². The second-order valence-corrected chi connectivity index (χ2v) is 9.66. The van der Waals surface area contributed by atoms with Gasteiger partial charge in [-0.15, -0.1) is 0 Å². The van der Waals surface area contributed by atoms with Crippen molar-refractivity contribution in [2.75, 3.05) is 46.2 Å². The van der Waals surface area contributed by atoms with E-state index in [2.05, 4.69) is 32.7 Å². The number of hydrogen-bond donors (Lipinski definition) is 1. The molecule has 5 rings (SSSR count). The Morgan fingerprint density at radius 2 is 1.87 bits per heavy atom. The highest BCUT2D eigenvalue weighted by Gasteiger charge is 2.25. The van der Waals surface area contributed by atoms with Gasteiger partial charge in [0.1, 0.15) is 11.5 Å². The minimum Gasteiger partial charge on any atom is -0.480 e. The normalized spacial score (nSPS) is 15.3. The van der Waals surface area contributed by atoms with E-state index in [1.165, 1.54) is 25.1 Å². The Labute approximate surface area is 221 Å². The minimum atomic E-state index is -0.354. The predicted octanol–water partition coefficient (Wildman–Crippen LogP) is 3.29. The maximum absolute atomic E-state index is 12.7. The number of piperidine rings is 1. The van der Waals surface area contributed by atoms with Gasteiger partial charge in [-0.1, -0.05) is 12.1 Å². The molecule has 3 aromatic rings. The molecule has 0 bridgehead atoms. The van der Waals surface area contributed by atoms with Crippen LogP contribution in [0.25, 0.3) is 17.5 Å². The van der Waals surface area contributed by atoms with Crippen LogP contribution in [0.1, 0.15) is 40.2 Å².